The van der Waals surface area contributed by atoms with Gasteiger partial charge in [0.1, 0.15) is 0 Å². The van der Waals surface area contributed by atoms with Gasteiger partial charge in [-0.2, -0.15) is 0 Å². The molecule has 0 N–H and O–H groups in total. The van der Waals surface area contributed by atoms with E-state index in [9.17, 15) is 0 Å². The van der Waals surface area contributed by atoms with Crippen molar-refractivity contribution in [2.45, 2.75) is 18.9 Å². The summed E-state index contributed by atoms with van der Waals surface area (Å²) < 4.78 is 5.40. The molecule has 0 saturated carbocycles. The van der Waals surface area contributed by atoms with Crippen molar-refractivity contribution in [3.05, 3.63) is 12.3 Å². The minimum Gasteiger partial charge on any atom is -0.375 e. The van der Waals surface area contributed by atoms with Gasteiger partial charge in [0.25, 0.3) is 0 Å². The van der Waals surface area contributed by atoms with Crippen molar-refractivity contribution in [3.63, 3.8) is 0 Å². The van der Waals surface area contributed by atoms with E-state index in [1.807, 2.05) is 0 Å². The number of rotatable bonds is 1. The van der Waals surface area contributed by atoms with Crippen LogP contribution in [0.1, 0.15) is 12.8 Å². The molecule has 1 atom stereocenters. The topological polar surface area (TPSA) is 12.5 Å². The highest BCUT2D eigenvalue weighted by atomic mass is 16.5. The van der Waals surface area contributed by atoms with Gasteiger partial charge in [-0.1, -0.05) is 6.58 Å². The third-order valence-electron chi connectivity index (χ3n) is 2.96. The number of hydrogen-bond donors (Lipinski definition) is 0. The van der Waals surface area contributed by atoms with Crippen molar-refractivity contribution in [1.29, 1.82) is 0 Å². The molecule has 0 aliphatic carbocycles. The molecule has 3 aliphatic heterocycles. The molecule has 3 fully saturated rings. The molecule has 0 radical (unpaired) electrons. The maximum Gasteiger partial charge on any atom is 0.0990 e. The van der Waals surface area contributed by atoms with Crippen LogP contribution < -0.4 is 0 Å². The zero-order valence-corrected chi connectivity index (χ0v) is 7.05. The molecular formula is C9H15NO. The first-order valence-electron chi connectivity index (χ1n) is 4.29. The molecule has 1 unspecified atom stereocenters. The molecule has 62 valence electrons. The van der Waals surface area contributed by atoms with Crippen LogP contribution >= 0.6 is 0 Å². The lowest BCUT2D eigenvalue weighted by molar-refractivity contribution is -0.00957. The molecule has 0 aromatic heterocycles. The van der Waals surface area contributed by atoms with Crippen LogP contribution in [0.15, 0.2) is 12.3 Å². The summed E-state index contributed by atoms with van der Waals surface area (Å²) in [7, 11) is 1.79. The Labute approximate surface area is 67.8 Å². The number of piperidine rings is 3. The highest BCUT2D eigenvalue weighted by molar-refractivity contribution is 5.11. The van der Waals surface area contributed by atoms with Gasteiger partial charge in [-0.05, 0) is 18.8 Å². The summed E-state index contributed by atoms with van der Waals surface area (Å²) in [5.41, 5.74) is 1.20. The molecule has 0 aromatic rings. The van der Waals surface area contributed by atoms with Gasteiger partial charge in [0.2, 0.25) is 0 Å². The van der Waals surface area contributed by atoms with E-state index in [0.29, 0.717) is 6.10 Å². The quantitative estimate of drug-likeness (QED) is 0.562. The van der Waals surface area contributed by atoms with Gasteiger partial charge in [-0.3, -0.25) is 0 Å². The summed E-state index contributed by atoms with van der Waals surface area (Å²) in [6.45, 7) is 6.45. The molecule has 0 aromatic carbocycles. The summed E-state index contributed by atoms with van der Waals surface area (Å²) in [6, 6.07) is 0. The molecule has 2 heteroatoms. The van der Waals surface area contributed by atoms with Gasteiger partial charge in [0.05, 0.1) is 6.10 Å². The van der Waals surface area contributed by atoms with Crippen molar-refractivity contribution >= 4 is 0 Å². The zero-order chi connectivity index (χ0) is 7.84. The smallest absolute Gasteiger partial charge is 0.0990 e. The number of fused-ring (bicyclic) bond motifs is 3. The summed E-state index contributed by atoms with van der Waals surface area (Å²) >= 11 is 0. The maximum absolute atomic E-state index is 5.40. The van der Waals surface area contributed by atoms with Crippen LogP contribution in [0.4, 0.5) is 0 Å². The number of nitrogens with zero attached hydrogens (tertiary/aromatic N) is 1. The predicted molar refractivity (Wildman–Crippen MR) is 44.2 cm³/mol. The second-order valence-corrected chi connectivity index (χ2v) is 3.47. The molecule has 3 aliphatic rings. The lowest BCUT2D eigenvalue weighted by atomic mass is 9.84. The summed E-state index contributed by atoms with van der Waals surface area (Å²) in [5.74, 6) is 0.748. The van der Waals surface area contributed by atoms with Crippen LogP contribution in [0.2, 0.25) is 0 Å². The second kappa shape index (κ2) is 2.52. The monoisotopic (exact) mass is 153 g/mol. The number of hydrogen-bond acceptors (Lipinski definition) is 2. The van der Waals surface area contributed by atoms with E-state index in [-0.39, 0.29) is 0 Å². The minimum atomic E-state index is 0.317. The van der Waals surface area contributed by atoms with Gasteiger partial charge in [-0.25, -0.2) is 0 Å². The summed E-state index contributed by atoms with van der Waals surface area (Å²) in [4.78, 5) is 2.36. The first kappa shape index (κ1) is 7.17. The van der Waals surface area contributed by atoms with Crippen molar-refractivity contribution < 1.29 is 4.74 Å². The van der Waals surface area contributed by atoms with Crippen LogP contribution in [-0.2, 0) is 4.74 Å². The largest absolute Gasteiger partial charge is 0.375 e. The van der Waals surface area contributed by atoms with E-state index >= 15 is 0 Å². The first-order valence-corrected chi connectivity index (χ1v) is 4.29. The highest BCUT2D eigenvalue weighted by Crippen LogP contribution is 2.35. The molecule has 3 heterocycles. The molecular weight excluding hydrogens is 138 g/mol. The maximum atomic E-state index is 5.40. The van der Waals surface area contributed by atoms with Crippen molar-refractivity contribution in [3.8, 4) is 0 Å². The fraction of sp³-hybridized carbons (Fsp3) is 0.778. The van der Waals surface area contributed by atoms with Gasteiger partial charge < -0.3 is 9.64 Å². The molecule has 11 heavy (non-hydrogen) atoms. The SMILES string of the molecule is C=C1C(OC)C2CCN1CC2. The molecule has 0 amide bonds. The van der Waals surface area contributed by atoms with Crippen LogP contribution in [0.25, 0.3) is 0 Å². The molecule has 3 rings (SSSR count). The lowest BCUT2D eigenvalue weighted by Gasteiger charge is -2.46. The third kappa shape index (κ3) is 0.968. The summed E-state index contributed by atoms with van der Waals surface area (Å²) in [6.07, 6.45) is 2.90. The third-order valence-corrected chi connectivity index (χ3v) is 2.96. The van der Waals surface area contributed by atoms with Crippen LogP contribution in [0.5, 0.6) is 0 Å². The van der Waals surface area contributed by atoms with Crippen molar-refractivity contribution in [2.24, 2.45) is 5.92 Å². The second-order valence-electron chi connectivity index (χ2n) is 3.47. The standard InChI is InChI=1S/C9H15NO/c1-7-9(11-2)8-3-5-10(7)6-4-8/h8-9H,1,3-6H2,2H3. The van der Waals surface area contributed by atoms with Crippen LogP contribution in [0, 0.1) is 5.92 Å². The van der Waals surface area contributed by atoms with E-state index in [2.05, 4.69) is 11.5 Å². The molecule has 2 bridgehead atoms. The van der Waals surface area contributed by atoms with Gasteiger partial charge in [-0.15, -0.1) is 0 Å². The van der Waals surface area contributed by atoms with E-state index in [4.69, 9.17) is 4.74 Å². The normalized spacial score (nSPS) is 36.5. The van der Waals surface area contributed by atoms with Gasteiger partial charge in [0.15, 0.2) is 0 Å². The Hall–Kier alpha value is -0.500. The van der Waals surface area contributed by atoms with Crippen LogP contribution in [0.3, 0.4) is 0 Å². The van der Waals surface area contributed by atoms with E-state index in [1.165, 1.54) is 31.6 Å². The van der Waals surface area contributed by atoms with E-state index in [1.54, 1.807) is 7.11 Å². The predicted octanol–water partition coefficient (Wildman–Crippen LogP) is 1.24. The van der Waals surface area contributed by atoms with Gasteiger partial charge in [0, 0.05) is 25.9 Å². The Bertz CT molecular complexity index is 170. The number of ether oxygens (including phenoxy) is 1. The summed E-state index contributed by atoms with van der Waals surface area (Å²) in [5, 5.41) is 0. The minimum absolute atomic E-state index is 0.317. The Balaban J connectivity index is 2.16. The molecule has 3 saturated heterocycles. The molecule has 0 spiro atoms. The average Bonchev–Trinajstić information content (AvgIpc) is 2.06. The fourth-order valence-corrected chi connectivity index (χ4v) is 2.27. The highest BCUT2D eigenvalue weighted by Gasteiger charge is 2.36. The Kier molecular flexibility index (Phi) is 1.64. The average molecular weight is 153 g/mol. The van der Waals surface area contributed by atoms with E-state index in [0.717, 1.165) is 5.92 Å². The van der Waals surface area contributed by atoms with Crippen LogP contribution in [-0.4, -0.2) is 31.2 Å². The van der Waals surface area contributed by atoms with E-state index < -0.39 is 0 Å². The Morgan fingerprint density at radius 1 is 1.45 bits per heavy atom. The Morgan fingerprint density at radius 2 is 2.09 bits per heavy atom. The Morgan fingerprint density at radius 3 is 2.45 bits per heavy atom. The van der Waals surface area contributed by atoms with Crippen molar-refractivity contribution in [1.82, 2.24) is 4.90 Å². The zero-order valence-electron chi connectivity index (χ0n) is 7.05. The number of methoxy groups -OCH3 is 1. The molecule has 2 nitrogen and oxygen atoms in total. The first-order chi connectivity index (χ1) is 5.33. The fourth-order valence-electron chi connectivity index (χ4n) is 2.27. The van der Waals surface area contributed by atoms with Crippen molar-refractivity contribution in [2.75, 3.05) is 20.2 Å². The lowest BCUT2D eigenvalue weighted by Crippen LogP contribution is -2.48. The van der Waals surface area contributed by atoms with Gasteiger partial charge >= 0.3 is 0 Å².